The van der Waals surface area contributed by atoms with Crippen molar-refractivity contribution in [1.29, 1.82) is 0 Å². The quantitative estimate of drug-likeness (QED) is 0.732. The van der Waals surface area contributed by atoms with Crippen LogP contribution in [0.3, 0.4) is 0 Å². The molecule has 26 heavy (non-hydrogen) atoms. The van der Waals surface area contributed by atoms with Gasteiger partial charge in [0.1, 0.15) is 12.2 Å². The minimum absolute atomic E-state index is 0.0193. The molecule has 1 saturated heterocycles. The molecule has 5 heteroatoms. The number of amides is 1. The number of carbonyl (C=O) groups excluding carboxylic acids is 1. The summed E-state index contributed by atoms with van der Waals surface area (Å²) in [6, 6.07) is 17.7. The van der Waals surface area contributed by atoms with E-state index in [0.717, 1.165) is 30.5 Å². The van der Waals surface area contributed by atoms with E-state index in [1.807, 2.05) is 47.4 Å². The number of carbonyl (C=O) groups is 1. The van der Waals surface area contributed by atoms with Crippen LogP contribution in [0, 0.1) is 6.92 Å². The minimum Gasteiger partial charge on any atom is -0.334 e. The number of para-hydroxylation sites is 2. The van der Waals surface area contributed by atoms with Crippen molar-refractivity contribution in [3.05, 3.63) is 76.2 Å². The molecule has 0 N–H and O–H groups in total. The average molecular weight is 347 g/mol. The molecule has 0 bridgehead atoms. The van der Waals surface area contributed by atoms with E-state index in [-0.39, 0.29) is 24.1 Å². The Bertz CT molecular complexity index is 1010. The first-order valence-corrected chi connectivity index (χ1v) is 8.96. The minimum atomic E-state index is -0.201. The second-order valence-corrected chi connectivity index (χ2v) is 6.73. The molecule has 0 radical (unpaired) electrons. The molecule has 4 rings (SSSR count). The van der Waals surface area contributed by atoms with Gasteiger partial charge < -0.3 is 4.90 Å². The molecule has 1 aromatic heterocycles. The lowest BCUT2D eigenvalue weighted by molar-refractivity contribution is -0.132. The van der Waals surface area contributed by atoms with E-state index >= 15 is 0 Å². The maximum absolute atomic E-state index is 13.1. The standard InChI is InChI=1S/C21H21N3O2/c1-15-21(26)24(19-11-6-5-10-17(19)22-15)14-20(25)23-13-7-12-18(23)16-8-3-2-4-9-16/h2-6,8-11,18H,7,12-14H2,1H3. The zero-order valence-electron chi connectivity index (χ0n) is 14.8. The summed E-state index contributed by atoms with van der Waals surface area (Å²) in [5, 5.41) is 0. The van der Waals surface area contributed by atoms with Crippen LogP contribution >= 0.6 is 0 Å². The van der Waals surface area contributed by atoms with Crippen LogP contribution in [0.4, 0.5) is 0 Å². The Morgan fingerprint density at radius 3 is 2.65 bits per heavy atom. The van der Waals surface area contributed by atoms with Crippen LogP contribution in [0.1, 0.15) is 30.1 Å². The fourth-order valence-electron chi connectivity index (χ4n) is 3.79. The van der Waals surface area contributed by atoms with Gasteiger partial charge in [0.05, 0.1) is 17.1 Å². The molecule has 1 fully saturated rings. The summed E-state index contributed by atoms with van der Waals surface area (Å²) in [4.78, 5) is 31.9. The summed E-state index contributed by atoms with van der Waals surface area (Å²) >= 11 is 0. The van der Waals surface area contributed by atoms with E-state index in [1.165, 1.54) is 0 Å². The van der Waals surface area contributed by atoms with Gasteiger partial charge in [0, 0.05) is 6.54 Å². The average Bonchev–Trinajstić information content (AvgIpc) is 3.16. The second kappa shape index (κ2) is 6.75. The van der Waals surface area contributed by atoms with Gasteiger partial charge in [0.25, 0.3) is 5.56 Å². The number of hydrogen-bond acceptors (Lipinski definition) is 3. The summed E-state index contributed by atoms with van der Waals surface area (Å²) in [5.74, 6) is -0.0193. The predicted octanol–water partition coefficient (Wildman–Crippen LogP) is 3.07. The van der Waals surface area contributed by atoms with Crippen LogP contribution in [-0.2, 0) is 11.3 Å². The highest BCUT2D eigenvalue weighted by Gasteiger charge is 2.30. The first kappa shape index (κ1) is 16.5. The van der Waals surface area contributed by atoms with Crippen molar-refractivity contribution in [2.45, 2.75) is 32.4 Å². The third-order valence-electron chi connectivity index (χ3n) is 5.07. The third kappa shape index (κ3) is 2.90. The fraction of sp³-hybridized carbons (Fsp3) is 0.286. The highest BCUT2D eigenvalue weighted by molar-refractivity contribution is 5.80. The number of nitrogens with zero attached hydrogens (tertiary/aromatic N) is 3. The normalized spacial score (nSPS) is 17.0. The Labute approximate surface area is 151 Å². The first-order valence-electron chi connectivity index (χ1n) is 8.96. The SMILES string of the molecule is Cc1nc2ccccc2n(CC(=O)N2CCCC2c2ccccc2)c1=O. The Balaban J connectivity index is 1.68. The van der Waals surface area contributed by atoms with Gasteiger partial charge in [0.15, 0.2) is 0 Å². The van der Waals surface area contributed by atoms with E-state index in [9.17, 15) is 9.59 Å². The van der Waals surface area contributed by atoms with E-state index in [4.69, 9.17) is 0 Å². The molecule has 3 aromatic rings. The number of likely N-dealkylation sites (tertiary alicyclic amines) is 1. The molecule has 0 saturated carbocycles. The van der Waals surface area contributed by atoms with Crippen molar-refractivity contribution < 1.29 is 4.79 Å². The largest absolute Gasteiger partial charge is 0.334 e. The fourth-order valence-corrected chi connectivity index (χ4v) is 3.79. The molecule has 2 aromatic carbocycles. The zero-order valence-corrected chi connectivity index (χ0v) is 14.8. The smallest absolute Gasteiger partial charge is 0.272 e. The molecule has 1 unspecified atom stereocenters. The molecule has 1 aliphatic rings. The predicted molar refractivity (Wildman–Crippen MR) is 101 cm³/mol. The van der Waals surface area contributed by atoms with Gasteiger partial charge in [-0.3, -0.25) is 14.2 Å². The van der Waals surface area contributed by atoms with Gasteiger partial charge >= 0.3 is 0 Å². The summed E-state index contributed by atoms with van der Waals surface area (Å²) in [6.07, 6.45) is 1.94. The molecular formula is C21H21N3O2. The maximum atomic E-state index is 13.1. The molecule has 1 aliphatic heterocycles. The number of aromatic nitrogens is 2. The van der Waals surface area contributed by atoms with Crippen molar-refractivity contribution in [3.8, 4) is 0 Å². The number of benzene rings is 2. The Morgan fingerprint density at radius 1 is 1.12 bits per heavy atom. The van der Waals surface area contributed by atoms with Crippen LogP contribution in [0.2, 0.25) is 0 Å². The monoisotopic (exact) mass is 347 g/mol. The second-order valence-electron chi connectivity index (χ2n) is 6.73. The van der Waals surface area contributed by atoms with Crippen LogP contribution in [0.15, 0.2) is 59.4 Å². The van der Waals surface area contributed by atoms with Crippen molar-refractivity contribution in [2.75, 3.05) is 6.54 Å². The molecule has 1 atom stereocenters. The number of aryl methyl sites for hydroxylation is 1. The lowest BCUT2D eigenvalue weighted by atomic mass is 10.0. The lowest BCUT2D eigenvalue weighted by Crippen LogP contribution is -2.37. The molecule has 0 spiro atoms. The van der Waals surface area contributed by atoms with Crippen molar-refractivity contribution >= 4 is 16.9 Å². The van der Waals surface area contributed by atoms with E-state index in [2.05, 4.69) is 17.1 Å². The lowest BCUT2D eigenvalue weighted by Gasteiger charge is -2.26. The first-order chi connectivity index (χ1) is 12.6. The van der Waals surface area contributed by atoms with Gasteiger partial charge in [0.2, 0.25) is 5.91 Å². The summed E-state index contributed by atoms with van der Waals surface area (Å²) in [5.41, 5.74) is 2.80. The molecule has 1 amide bonds. The number of fused-ring (bicyclic) bond motifs is 1. The topological polar surface area (TPSA) is 55.2 Å². The van der Waals surface area contributed by atoms with Gasteiger partial charge in [-0.25, -0.2) is 4.98 Å². The zero-order chi connectivity index (χ0) is 18.1. The number of hydrogen-bond donors (Lipinski definition) is 0. The van der Waals surface area contributed by atoms with Crippen molar-refractivity contribution in [3.63, 3.8) is 0 Å². The molecule has 132 valence electrons. The molecule has 5 nitrogen and oxygen atoms in total. The van der Waals surface area contributed by atoms with Crippen molar-refractivity contribution in [2.24, 2.45) is 0 Å². The Hall–Kier alpha value is -2.95. The molecule has 0 aliphatic carbocycles. The van der Waals surface area contributed by atoms with E-state index < -0.39 is 0 Å². The highest BCUT2D eigenvalue weighted by atomic mass is 16.2. The highest BCUT2D eigenvalue weighted by Crippen LogP contribution is 2.32. The summed E-state index contributed by atoms with van der Waals surface area (Å²) < 4.78 is 1.56. The van der Waals surface area contributed by atoms with Gasteiger partial charge in [-0.05, 0) is 37.5 Å². The molecule has 2 heterocycles. The van der Waals surface area contributed by atoms with Crippen LogP contribution in [0.25, 0.3) is 11.0 Å². The van der Waals surface area contributed by atoms with E-state index in [1.54, 1.807) is 11.5 Å². The summed E-state index contributed by atoms with van der Waals surface area (Å²) in [7, 11) is 0. The number of rotatable bonds is 3. The maximum Gasteiger partial charge on any atom is 0.272 e. The van der Waals surface area contributed by atoms with Crippen LogP contribution in [-0.4, -0.2) is 26.9 Å². The van der Waals surface area contributed by atoms with Gasteiger partial charge in [-0.15, -0.1) is 0 Å². The van der Waals surface area contributed by atoms with Crippen LogP contribution < -0.4 is 5.56 Å². The van der Waals surface area contributed by atoms with E-state index in [0.29, 0.717) is 11.2 Å². The van der Waals surface area contributed by atoms with Crippen molar-refractivity contribution in [1.82, 2.24) is 14.5 Å². The third-order valence-corrected chi connectivity index (χ3v) is 5.07. The van der Waals surface area contributed by atoms with Crippen LogP contribution in [0.5, 0.6) is 0 Å². The Morgan fingerprint density at radius 2 is 1.85 bits per heavy atom. The van der Waals surface area contributed by atoms with Gasteiger partial charge in [-0.2, -0.15) is 0 Å². The Kier molecular flexibility index (Phi) is 4.29. The molecular weight excluding hydrogens is 326 g/mol. The summed E-state index contributed by atoms with van der Waals surface area (Å²) in [6.45, 7) is 2.47. The van der Waals surface area contributed by atoms with Gasteiger partial charge in [-0.1, -0.05) is 42.5 Å².